The van der Waals surface area contributed by atoms with Crippen molar-refractivity contribution in [2.45, 2.75) is 25.6 Å². The number of anilines is 1. The molecule has 0 spiro atoms. The lowest BCUT2D eigenvalue weighted by atomic mass is 10.1. The average Bonchev–Trinajstić information content (AvgIpc) is 2.26. The molecule has 0 aliphatic rings. The van der Waals surface area contributed by atoms with E-state index >= 15 is 0 Å². The molecule has 0 saturated heterocycles. The number of aromatic nitrogens is 2. The fourth-order valence-electron chi connectivity index (χ4n) is 1.83. The predicted molar refractivity (Wildman–Crippen MR) is 66.3 cm³/mol. The third-order valence-electron chi connectivity index (χ3n) is 2.61. The second-order valence-electron chi connectivity index (χ2n) is 4.41. The zero-order valence-electron chi connectivity index (χ0n) is 10.2. The number of fused-ring (bicyclic) bond motifs is 1. The van der Waals surface area contributed by atoms with Crippen molar-refractivity contribution in [3.63, 3.8) is 0 Å². The normalized spacial score (nSPS) is 13.7. The molecule has 0 fully saturated rings. The SMILES string of the molecule is CC(N)Cc1nc(N)c2cccc(C(F)(F)F)c2n1. The highest BCUT2D eigenvalue weighted by molar-refractivity contribution is 5.90. The van der Waals surface area contributed by atoms with E-state index in [-0.39, 0.29) is 35.0 Å². The number of rotatable bonds is 2. The zero-order valence-corrected chi connectivity index (χ0v) is 10.2. The molecule has 0 radical (unpaired) electrons. The van der Waals surface area contributed by atoms with Crippen LogP contribution in [0.3, 0.4) is 0 Å². The molecule has 4 N–H and O–H groups in total. The molecule has 2 aromatic rings. The van der Waals surface area contributed by atoms with Gasteiger partial charge in [-0.2, -0.15) is 13.2 Å². The maximum absolute atomic E-state index is 12.9. The molecule has 102 valence electrons. The Kier molecular flexibility index (Phi) is 3.32. The van der Waals surface area contributed by atoms with E-state index in [9.17, 15) is 13.2 Å². The van der Waals surface area contributed by atoms with Gasteiger partial charge in [0.05, 0.1) is 11.1 Å². The standard InChI is InChI=1S/C12H13F3N4/c1-6(16)5-9-18-10-7(11(17)19-9)3-2-4-8(10)12(13,14)15/h2-4,6H,5,16H2,1H3,(H2,17,18,19). The molecule has 0 amide bonds. The Hall–Kier alpha value is -1.89. The van der Waals surface area contributed by atoms with E-state index < -0.39 is 11.7 Å². The molecular formula is C12H13F3N4. The first kappa shape index (κ1) is 13.5. The van der Waals surface area contributed by atoms with Crippen LogP contribution in [0.5, 0.6) is 0 Å². The van der Waals surface area contributed by atoms with Crippen LogP contribution in [0.2, 0.25) is 0 Å². The summed E-state index contributed by atoms with van der Waals surface area (Å²) in [6.45, 7) is 1.72. The first-order valence-electron chi connectivity index (χ1n) is 5.67. The number of benzene rings is 1. The summed E-state index contributed by atoms with van der Waals surface area (Å²) in [7, 11) is 0. The van der Waals surface area contributed by atoms with Crippen LogP contribution in [0.1, 0.15) is 18.3 Å². The summed E-state index contributed by atoms with van der Waals surface area (Å²) < 4.78 is 38.8. The van der Waals surface area contributed by atoms with Gasteiger partial charge in [0.15, 0.2) is 0 Å². The zero-order chi connectivity index (χ0) is 14.2. The van der Waals surface area contributed by atoms with Crippen LogP contribution in [0.4, 0.5) is 19.0 Å². The summed E-state index contributed by atoms with van der Waals surface area (Å²) in [5, 5.41) is 0.197. The summed E-state index contributed by atoms with van der Waals surface area (Å²) in [6.07, 6.45) is -4.21. The lowest BCUT2D eigenvalue weighted by molar-refractivity contribution is -0.136. The van der Waals surface area contributed by atoms with Crippen molar-refractivity contribution >= 4 is 16.7 Å². The van der Waals surface area contributed by atoms with Gasteiger partial charge in [-0.05, 0) is 19.1 Å². The molecule has 0 aliphatic heterocycles. The molecule has 1 heterocycles. The van der Waals surface area contributed by atoms with Crippen LogP contribution < -0.4 is 11.5 Å². The van der Waals surface area contributed by atoms with Gasteiger partial charge in [-0.25, -0.2) is 9.97 Å². The maximum atomic E-state index is 12.9. The maximum Gasteiger partial charge on any atom is 0.418 e. The Bertz CT molecular complexity index is 608. The molecule has 1 aromatic carbocycles. The molecule has 4 nitrogen and oxygen atoms in total. The van der Waals surface area contributed by atoms with Crippen molar-refractivity contribution in [3.05, 3.63) is 29.6 Å². The van der Waals surface area contributed by atoms with Gasteiger partial charge in [-0.15, -0.1) is 0 Å². The van der Waals surface area contributed by atoms with Gasteiger partial charge in [-0.3, -0.25) is 0 Å². The highest BCUT2D eigenvalue weighted by Gasteiger charge is 2.33. The van der Waals surface area contributed by atoms with Gasteiger partial charge in [0.1, 0.15) is 11.6 Å². The van der Waals surface area contributed by atoms with Crippen LogP contribution in [0.25, 0.3) is 10.9 Å². The molecular weight excluding hydrogens is 257 g/mol. The number of para-hydroxylation sites is 1. The summed E-state index contributed by atoms with van der Waals surface area (Å²) in [5.41, 5.74) is 10.3. The van der Waals surface area contributed by atoms with E-state index in [1.165, 1.54) is 12.1 Å². The molecule has 19 heavy (non-hydrogen) atoms. The fourth-order valence-corrected chi connectivity index (χ4v) is 1.83. The van der Waals surface area contributed by atoms with Gasteiger partial charge in [0.2, 0.25) is 0 Å². The van der Waals surface area contributed by atoms with Crippen molar-refractivity contribution in [3.8, 4) is 0 Å². The van der Waals surface area contributed by atoms with Gasteiger partial charge in [0, 0.05) is 17.8 Å². The molecule has 0 saturated carbocycles. The summed E-state index contributed by atoms with van der Waals surface area (Å²) >= 11 is 0. The first-order valence-corrected chi connectivity index (χ1v) is 5.67. The monoisotopic (exact) mass is 270 g/mol. The van der Waals surface area contributed by atoms with Crippen LogP contribution in [0.15, 0.2) is 18.2 Å². The van der Waals surface area contributed by atoms with E-state index in [1.54, 1.807) is 6.92 Å². The number of nitrogens with two attached hydrogens (primary N) is 2. The van der Waals surface area contributed by atoms with Gasteiger partial charge in [0.25, 0.3) is 0 Å². The van der Waals surface area contributed by atoms with Crippen molar-refractivity contribution in [1.82, 2.24) is 9.97 Å². The third kappa shape index (κ3) is 2.76. The van der Waals surface area contributed by atoms with Gasteiger partial charge in [-0.1, -0.05) is 6.07 Å². The summed E-state index contributed by atoms with van der Waals surface area (Å²) in [4.78, 5) is 7.94. The minimum absolute atomic E-state index is 0.0340. The minimum atomic E-state index is -4.48. The van der Waals surface area contributed by atoms with Crippen molar-refractivity contribution in [2.75, 3.05) is 5.73 Å². The number of hydrogen-bond donors (Lipinski definition) is 2. The molecule has 1 unspecified atom stereocenters. The Morgan fingerprint density at radius 1 is 1.26 bits per heavy atom. The molecule has 1 atom stereocenters. The number of halogens is 3. The first-order chi connectivity index (χ1) is 8.79. The van der Waals surface area contributed by atoms with Crippen LogP contribution in [-0.2, 0) is 12.6 Å². The number of alkyl halides is 3. The Morgan fingerprint density at radius 3 is 2.53 bits per heavy atom. The third-order valence-corrected chi connectivity index (χ3v) is 2.61. The van der Waals surface area contributed by atoms with E-state index in [0.29, 0.717) is 0 Å². The Labute approximate surface area is 107 Å². The highest BCUT2D eigenvalue weighted by Crippen LogP contribution is 2.34. The molecule has 0 aliphatic carbocycles. The molecule has 7 heteroatoms. The minimum Gasteiger partial charge on any atom is -0.383 e. The van der Waals surface area contributed by atoms with E-state index in [4.69, 9.17) is 11.5 Å². The van der Waals surface area contributed by atoms with Crippen molar-refractivity contribution < 1.29 is 13.2 Å². The second-order valence-corrected chi connectivity index (χ2v) is 4.41. The summed E-state index contributed by atoms with van der Waals surface area (Å²) in [6, 6.07) is 3.48. The lowest BCUT2D eigenvalue weighted by Crippen LogP contribution is -2.20. The molecule has 0 bridgehead atoms. The van der Waals surface area contributed by atoms with E-state index in [1.807, 2.05) is 0 Å². The van der Waals surface area contributed by atoms with Gasteiger partial charge < -0.3 is 11.5 Å². The molecule has 1 aromatic heterocycles. The summed E-state index contributed by atoms with van der Waals surface area (Å²) in [5.74, 6) is 0.253. The number of hydrogen-bond acceptors (Lipinski definition) is 4. The highest BCUT2D eigenvalue weighted by atomic mass is 19.4. The van der Waals surface area contributed by atoms with Crippen molar-refractivity contribution in [2.24, 2.45) is 5.73 Å². The molecule has 2 rings (SSSR count). The van der Waals surface area contributed by atoms with Gasteiger partial charge >= 0.3 is 6.18 Å². The fraction of sp³-hybridized carbons (Fsp3) is 0.333. The number of nitrogens with zero attached hydrogens (tertiary/aromatic N) is 2. The smallest absolute Gasteiger partial charge is 0.383 e. The van der Waals surface area contributed by atoms with Crippen molar-refractivity contribution in [1.29, 1.82) is 0 Å². The number of nitrogen functional groups attached to an aromatic ring is 1. The topological polar surface area (TPSA) is 77.8 Å². The lowest BCUT2D eigenvalue weighted by Gasteiger charge is -2.12. The van der Waals surface area contributed by atoms with Crippen LogP contribution in [-0.4, -0.2) is 16.0 Å². The average molecular weight is 270 g/mol. The van der Waals surface area contributed by atoms with E-state index in [2.05, 4.69) is 9.97 Å². The largest absolute Gasteiger partial charge is 0.418 e. The Balaban J connectivity index is 2.69. The van der Waals surface area contributed by atoms with E-state index in [0.717, 1.165) is 6.07 Å². The van der Waals surface area contributed by atoms with Crippen LogP contribution >= 0.6 is 0 Å². The van der Waals surface area contributed by atoms with Crippen LogP contribution in [0, 0.1) is 0 Å². The Morgan fingerprint density at radius 2 is 1.95 bits per heavy atom. The second kappa shape index (κ2) is 4.65. The predicted octanol–water partition coefficient (Wildman–Crippen LogP) is 2.12. The quantitative estimate of drug-likeness (QED) is 0.876.